The summed E-state index contributed by atoms with van der Waals surface area (Å²) in [5, 5.41) is 4.02. The van der Waals surface area contributed by atoms with E-state index in [1.54, 1.807) is 22.3 Å². The molecule has 5 rings (SSSR count). The van der Waals surface area contributed by atoms with Crippen molar-refractivity contribution in [1.82, 2.24) is 14.8 Å². The van der Waals surface area contributed by atoms with Crippen molar-refractivity contribution in [2.75, 3.05) is 13.7 Å². The first-order valence-corrected chi connectivity index (χ1v) is 12.1. The molecular weight excluding hydrogens is 441 g/mol. The van der Waals surface area contributed by atoms with Gasteiger partial charge in [0.15, 0.2) is 0 Å². The highest BCUT2D eigenvalue weighted by atomic mass is 32.1. The lowest BCUT2D eigenvalue weighted by molar-refractivity contribution is -0.140. The summed E-state index contributed by atoms with van der Waals surface area (Å²) in [5.74, 6) is -0.719. The molecular formula is C25H26FN3O3S. The average molecular weight is 468 g/mol. The van der Waals surface area contributed by atoms with Gasteiger partial charge in [0.2, 0.25) is 0 Å². The van der Waals surface area contributed by atoms with Gasteiger partial charge in [0.1, 0.15) is 10.8 Å². The Morgan fingerprint density at radius 2 is 2.03 bits per heavy atom. The summed E-state index contributed by atoms with van der Waals surface area (Å²) in [5.41, 5.74) is 4.16. The third kappa shape index (κ3) is 4.04. The molecule has 33 heavy (non-hydrogen) atoms. The number of nitrogens with one attached hydrogen (secondary N) is 1. The lowest BCUT2D eigenvalue weighted by Crippen LogP contribution is -2.42. The molecule has 2 aromatic heterocycles. The number of esters is 1. The van der Waals surface area contributed by atoms with Crippen LogP contribution in [0.15, 0.2) is 42.6 Å². The molecule has 1 aromatic carbocycles. The van der Waals surface area contributed by atoms with Gasteiger partial charge >= 0.3 is 12.0 Å². The second kappa shape index (κ2) is 9.02. The van der Waals surface area contributed by atoms with Crippen LogP contribution < -0.4 is 5.32 Å². The molecule has 1 unspecified atom stereocenters. The second-order valence-electron chi connectivity index (χ2n) is 8.44. The fourth-order valence-corrected chi connectivity index (χ4v) is 6.29. The van der Waals surface area contributed by atoms with E-state index < -0.39 is 6.04 Å². The fraction of sp³-hybridized carbons (Fsp3) is 0.360. The normalized spacial score (nSPS) is 16.9. The average Bonchev–Trinajstić information content (AvgIpc) is 3.40. The third-order valence-electron chi connectivity index (χ3n) is 6.44. The molecule has 6 nitrogen and oxygen atoms in total. The van der Waals surface area contributed by atoms with E-state index in [1.807, 2.05) is 24.4 Å². The van der Waals surface area contributed by atoms with Gasteiger partial charge in [0.05, 0.1) is 31.8 Å². The lowest BCUT2D eigenvalue weighted by atomic mass is 9.95. The Bertz CT molecular complexity index is 1200. The van der Waals surface area contributed by atoms with Crippen molar-refractivity contribution in [1.29, 1.82) is 0 Å². The Hall–Kier alpha value is -3.13. The quantitative estimate of drug-likeness (QED) is 0.564. The van der Waals surface area contributed by atoms with Crippen LogP contribution in [0.1, 0.15) is 52.6 Å². The maximum atomic E-state index is 14.2. The molecule has 1 atom stereocenters. The van der Waals surface area contributed by atoms with Gasteiger partial charge in [-0.25, -0.2) is 9.18 Å². The van der Waals surface area contributed by atoms with Gasteiger partial charge in [-0.15, -0.1) is 11.3 Å². The summed E-state index contributed by atoms with van der Waals surface area (Å²) in [6.07, 6.45) is 6.54. The zero-order chi connectivity index (χ0) is 22.9. The van der Waals surface area contributed by atoms with Gasteiger partial charge in [0.25, 0.3) is 0 Å². The number of methoxy groups -OCH3 is 1. The number of urea groups is 1. The van der Waals surface area contributed by atoms with Gasteiger partial charge in [-0.05, 0) is 61.1 Å². The monoisotopic (exact) mass is 467 g/mol. The number of thiophene rings is 1. The first kappa shape index (κ1) is 21.7. The number of hydrogen-bond donors (Lipinski definition) is 1. The first-order chi connectivity index (χ1) is 16.1. The number of halogens is 1. The Morgan fingerprint density at radius 3 is 2.85 bits per heavy atom. The molecule has 1 N–H and O–H groups in total. The number of amides is 2. The predicted octanol–water partition coefficient (Wildman–Crippen LogP) is 4.73. The highest BCUT2D eigenvalue weighted by Crippen LogP contribution is 2.44. The molecule has 0 radical (unpaired) electrons. The molecule has 0 fully saturated rings. The number of benzene rings is 1. The molecule has 0 bridgehead atoms. The molecule has 8 heteroatoms. The Labute approximate surface area is 196 Å². The van der Waals surface area contributed by atoms with Crippen molar-refractivity contribution in [3.05, 3.63) is 75.7 Å². The third-order valence-corrected chi connectivity index (χ3v) is 7.77. The Morgan fingerprint density at radius 1 is 1.18 bits per heavy atom. The Kier molecular flexibility index (Phi) is 5.93. The van der Waals surface area contributed by atoms with Crippen LogP contribution in [0.2, 0.25) is 0 Å². The smallest absolute Gasteiger partial charge is 0.318 e. The van der Waals surface area contributed by atoms with Crippen LogP contribution in [0.25, 0.3) is 5.00 Å². The van der Waals surface area contributed by atoms with Gasteiger partial charge in [0, 0.05) is 23.2 Å². The van der Waals surface area contributed by atoms with E-state index in [4.69, 9.17) is 0 Å². The maximum absolute atomic E-state index is 14.2. The highest BCUT2D eigenvalue weighted by molar-refractivity contribution is 7.15. The number of ether oxygens (including phenoxy) is 1. The largest absolute Gasteiger partial charge is 0.469 e. The zero-order valence-electron chi connectivity index (χ0n) is 18.5. The van der Waals surface area contributed by atoms with E-state index in [0.29, 0.717) is 12.1 Å². The van der Waals surface area contributed by atoms with E-state index in [9.17, 15) is 14.0 Å². The number of rotatable bonds is 4. The predicted molar refractivity (Wildman–Crippen MR) is 124 cm³/mol. The summed E-state index contributed by atoms with van der Waals surface area (Å²) in [7, 11) is 1.33. The summed E-state index contributed by atoms with van der Waals surface area (Å²) < 4.78 is 21.1. The van der Waals surface area contributed by atoms with Gasteiger partial charge in [-0.3, -0.25) is 4.79 Å². The molecule has 2 amide bonds. The lowest BCUT2D eigenvalue weighted by Gasteiger charge is -2.31. The van der Waals surface area contributed by atoms with E-state index in [0.717, 1.165) is 30.0 Å². The summed E-state index contributed by atoms with van der Waals surface area (Å²) >= 11 is 1.81. The SMILES string of the molecule is COC(=O)CCNC(=O)N1Cc2c(sc3c2CCCC3)-n2cccc2C1c1cccc(F)c1. The minimum atomic E-state index is -0.465. The highest BCUT2D eigenvalue weighted by Gasteiger charge is 2.36. The zero-order valence-corrected chi connectivity index (χ0v) is 19.3. The van der Waals surface area contributed by atoms with Gasteiger partial charge in [-0.1, -0.05) is 12.1 Å². The molecule has 0 spiro atoms. The number of aromatic nitrogens is 1. The van der Waals surface area contributed by atoms with E-state index in [-0.39, 0.29) is 30.8 Å². The molecule has 3 aromatic rings. The van der Waals surface area contributed by atoms with Crippen LogP contribution >= 0.6 is 11.3 Å². The number of carbonyl (C=O) groups excluding carboxylic acids is 2. The summed E-state index contributed by atoms with van der Waals surface area (Å²) in [6, 6.07) is 9.65. The van der Waals surface area contributed by atoms with Crippen molar-refractivity contribution >= 4 is 23.3 Å². The van der Waals surface area contributed by atoms with E-state index in [1.165, 1.54) is 41.7 Å². The Balaban J connectivity index is 1.59. The van der Waals surface area contributed by atoms with Crippen LogP contribution in [-0.4, -0.2) is 35.1 Å². The van der Waals surface area contributed by atoms with Crippen molar-refractivity contribution in [3.63, 3.8) is 0 Å². The number of carbonyl (C=O) groups is 2. The van der Waals surface area contributed by atoms with Crippen molar-refractivity contribution in [3.8, 4) is 5.00 Å². The summed E-state index contributed by atoms with van der Waals surface area (Å²) in [4.78, 5) is 28.2. The molecule has 172 valence electrons. The number of fused-ring (bicyclic) bond motifs is 5. The van der Waals surface area contributed by atoms with Crippen LogP contribution in [0.4, 0.5) is 9.18 Å². The van der Waals surface area contributed by atoms with E-state index >= 15 is 0 Å². The standard InChI is InChI=1S/C25H26FN3O3S/c1-32-22(30)11-12-27-25(31)29-15-19-18-8-2-3-10-21(18)33-24(19)28-13-5-9-20(28)23(29)16-6-4-7-17(26)14-16/h4-7,9,13-14,23H,2-3,8,10-12,15H2,1H3,(H,27,31). The second-order valence-corrected chi connectivity index (χ2v) is 9.52. The number of nitrogens with zero attached hydrogens (tertiary/aromatic N) is 2. The molecule has 1 aliphatic carbocycles. The van der Waals surface area contributed by atoms with Crippen LogP contribution in [0.5, 0.6) is 0 Å². The molecule has 0 saturated heterocycles. The van der Waals surface area contributed by atoms with Gasteiger partial charge < -0.3 is 19.5 Å². The number of aryl methyl sites for hydroxylation is 1. The molecule has 3 heterocycles. The maximum Gasteiger partial charge on any atom is 0.318 e. The number of hydrogen-bond acceptors (Lipinski definition) is 4. The van der Waals surface area contributed by atoms with Gasteiger partial charge in [-0.2, -0.15) is 0 Å². The van der Waals surface area contributed by atoms with Crippen LogP contribution in [0, 0.1) is 5.82 Å². The van der Waals surface area contributed by atoms with Crippen LogP contribution in [0.3, 0.4) is 0 Å². The van der Waals surface area contributed by atoms with Crippen molar-refractivity contribution < 1.29 is 18.7 Å². The molecule has 2 aliphatic rings. The fourth-order valence-electron chi connectivity index (χ4n) is 4.89. The topological polar surface area (TPSA) is 63.6 Å². The van der Waals surface area contributed by atoms with Crippen molar-refractivity contribution in [2.24, 2.45) is 0 Å². The molecule has 0 saturated carbocycles. The van der Waals surface area contributed by atoms with E-state index in [2.05, 4.69) is 14.6 Å². The minimum absolute atomic E-state index is 0.0934. The molecule has 1 aliphatic heterocycles. The minimum Gasteiger partial charge on any atom is -0.469 e. The van der Waals surface area contributed by atoms with Crippen LogP contribution in [-0.2, 0) is 28.9 Å². The first-order valence-electron chi connectivity index (χ1n) is 11.2. The summed E-state index contributed by atoms with van der Waals surface area (Å²) in [6.45, 7) is 0.599. The van der Waals surface area contributed by atoms with Crippen molar-refractivity contribution in [2.45, 2.75) is 44.7 Å².